The molecule has 0 aliphatic carbocycles. The molecule has 100 valence electrons. The first-order chi connectivity index (χ1) is 8.34. The zero-order valence-electron chi connectivity index (χ0n) is 9.54. The Bertz CT molecular complexity index is 437. The van der Waals surface area contributed by atoms with Gasteiger partial charge in [-0.3, -0.25) is 4.79 Å². The van der Waals surface area contributed by atoms with Crippen molar-refractivity contribution in [2.45, 2.75) is 18.0 Å². The molecule has 3 N–H and O–H groups in total. The van der Waals surface area contributed by atoms with Crippen molar-refractivity contribution in [3.05, 3.63) is 18.0 Å². The molecule has 0 bridgehead atoms. The van der Waals surface area contributed by atoms with Crippen LogP contribution in [0.15, 0.2) is 17.2 Å². The van der Waals surface area contributed by atoms with Gasteiger partial charge in [0.15, 0.2) is 0 Å². The molecular formula is C10H12F3N3OS. The van der Waals surface area contributed by atoms with Crippen LogP contribution in [0.25, 0.3) is 0 Å². The Morgan fingerprint density at radius 3 is 2.78 bits per heavy atom. The van der Waals surface area contributed by atoms with Gasteiger partial charge in [0.05, 0.1) is 17.6 Å². The quantitative estimate of drug-likeness (QED) is 0.826. The van der Waals surface area contributed by atoms with E-state index in [1.165, 1.54) is 0 Å². The maximum atomic E-state index is 12.4. The van der Waals surface area contributed by atoms with Gasteiger partial charge < -0.3 is 11.1 Å². The summed E-state index contributed by atoms with van der Waals surface area (Å²) in [6.45, 7) is 2.23. The summed E-state index contributed by atoms with van der Waals surface area (Å²) in [5.74, 6) is -0.244. The largest absolute Gasteiger partial charge is 0.433 e. The van der Waals surface area contributed by atoms with Crippen molar-refractivity contribution in [3.8, 4) is 0 Å². The van der Waals surface area contributed by atoms with Gasteiger partial charge in [-0.05, 0) is 13.0 Å². The molecule has 0 aliphatic heterocycles. The number of hydrogen-bond donors (Lipinski definition) is 2. The second-order valence-corrected chi connectivity index (χ2v) is 4.36. The van der Waals surface area contributed by atoms with Gasteiger partial charge in [-0.25, -0.2) is 4.98 Å². The molecule has 4 nitrogen and oxygen atoms in total. The smallest absolute Gasteiger partial charge is 0.397 e. The van der Waals surface area contributed by atoms with Crippen LogP contribution in [0.4, 0.5) is 18.9 Å². The SMILES string of the molecule is CCNC(=O)CSc1cc(C(F)(F)F)ncc1N. The Morgan fingerprint density at radius 1 is 1.56 bits per heavy atom. The number of pyridine rings is 1. The van der Waals surface area contributed by atoms with E-state index in [4.69, 9.17) is 5.73 Å². The number of rotatable bonds is 4. The fraction of sp³-hybridized carbons (Fsp3) is 0.400. The molecule has 0 radical (unpaired) electrons. The summed E-state index contributed by atoms with van der Waals surface area (Å²) >= 11 is 0.948. The first-order valence-electron chi connectivity index (χ1n) is 5.06. The summed E-state index contributed by atoms with van der Waals surface area (Å²) < 4.78 is 37.3. The first-order valence-corrected chi connectivity index (χ1v) is 6.05. The Labute approximate surface area is 106 Å². The Balaban J connectivity index is 2.79. The molecule has 1 heterocycles. The number of nitrogens with one attached hydrogen (secondary N) is 1. The van der Waals surface area contributed by atoms with Gasteiger partial charge in [0.25, 0.3) is 0 Å². The van der Waals surface area contributed by atoms with E-state index in [0.717, 1.165) is 24.0 Å². The van der Waals surface area contributed by atoms with Crippen molar-refractivity contribution in [2.75, 3.05) is 18.0 Å². The number of nitrogens with two attached hydrogens (primary N) is 1. The van der Waals surface area contributed by atoms with E-state index in [1.54, 1.807) is 6.92 Å². The van der Waals surface area contributed by atoms with Crippen LogP contribution in [-0.4, -0.2) is 23.2 Å². The maximum Gasteiger partial charge on any atom is 0.433 e. The van der Waals surface area contributed by atoms with Gasteiger partial charge in [0.1, 0.15) is 5.69 Å². The van der Waals surface area contributed by atoms with Crippen molar-refractivity contribution < 1.29 is 18.0 Å². The number of alkyl halides is 3. The lowest BCUT2D eigenvalue weighted by atomic mass is 10.3. The average Bonchev–Trinajstić information content (AvgIpc) is 2.26. The molecule has 1 aromatic heterocycles. The molecule has 0 saturated carbocycles. The third-order valence-corrected chi connectivity index (χ3v) is 2.99. The lowest BCUT2D eigenvalue weighted by Gasteiger charge is -2.09. The maximum absolute atomic E-state index is 12.4. The van der Waals surface area contributed by atoms with E-state index in [0.29, 0.717) is 6.54 Å². The van der Waals surface area contributed by atoms with E-state index in [2.05, 4.69) is 10.3 Å². The number of anilines is 1. The Hall–Kier alpha value is -1.44. The molecule has 8 heteroatoms. The van der Waals surface area contributed by atoms with Gasteiger partial charge in [-0.1, -0.05) is 0 Å². The summed E-state index contributed by atoms with van der Waals surface area (Å²) in [5.41, 5.74) is 4.61. The highest BCUT2D eigenvalue weighted by molar-refractivity contribution is 8.00. The molecule has 18 heavy (non-hydrogen) atoms. The van der Waals surface area contributed by atoms with Gasteiger partial charge in [0.2, 0.25) is 5.91 Å². The number of amides is 1. The zero-order valence-corrected chi connectivity index (χ0v) is 10.4. The second-order valence-electron chi connectivity index (χ2n) is 3.35. The van der Waals surface area contributed by atoms with Crippen molar-refractivity contribution in [3.63, 3.8) is 0 Å². The van der Waals surface area contributed by atoms with Crippen LogP contribution >= 0.6 is 11.8 Å². The highest BCUT2D eigenvalue weighted by Gasteiger charge is 2.32. The van der Waals surface area contributed by atoms with Crippen LogP contribution in [-0.2, 0) is 11.0 Å². The van der Waals surface area contributed by atoms with Crippen LogP contribution < -0.4 is 11.1 Å². The summed E-state index contributed by atoms with van der Waals surface area (Å²) in [4.78, 5) is 14.6. The Kier molecular flexibility index (Phi) is 4.83. The minimum Gasteiger partial charge on any atom is -0.397 e. The van der Waals surface area contributed by atoms with Gasteiger partial charge >= 0.3 is 6.18 Å². The van der Waals surface area contributed by atoms with Gasteiger partial charge in [0, 0.05) is 11.4 Å². The van der Waals surface area contributed by atoms with Crippen LogP contribution in [0.5, 0.6) is 0 Å². The number of carbonyl (C=O) groups is 1. The van der Waals surface area contributed by atoms with Gasteiger partial charge in [-0.2, -0.15) is 13.2 Å². The summed E-state index contributed by atoms with van der Waals surface area (Å²) in [6, 6.07) is 0.846. The van der Waals surface area contributed by atoms with Crippen molar-refractivity contribution in [1.29, 1.82) is 0 Å². The molecule has 0 aromatic carbocycles. The summed E-state index contributed by atoms with van der Waals surface area (Å²) in [6.07, 6.45) is -3.57. The molecule has 0 fully saturated rings. The van der Waals surface area contributed by atoms with E-state index < -0.39 is 11.9 Å². The number of nitrogen functional groups attached to an aromatic ring is 1. The minimum absolute atomic E-state index is 0.0132. The molecular weight excluding hydrogens is 267 g/mol. The highest BCUT2D eigenvalue weighted by atomic mass is 32.2. The van der Waals surface area contributed by atoms with Crippen LogP contribution in [0.2, 0.25) is 0 Å². The van der Waals surface area contributed by atoms with Gasteiger partial charge in [-0.15, -0.1) is 11.8 Å². The van der Waals surface area contributed by atoms with Crippen LogP contribution in [0.1, 0.15) is 12.6 Å². The second kappa shape index (κ2) is 5.94. The number of hydrogen-bond acceptors (Lipinski definition) is 4. The number of carbonyl (C=O) groups excluding carboxylic acids is 1. The molecule has 0 unspecified atom stereocenters. The molecule has 1 aromatic rings. The topological polar surface area (TPSA) is 68.0 Å². The van der Waals surface area contributed by atoms with E-state index in [-0.39, 0.29) is 22.2 Å². The molecule has 0 atom stereocenters. The average molecular weight is 279 g/mol. The van der Waals surface area contributed by atoms with Crippen molar-refractivity contribution in [1.82, 2.24) is 10.3 Å². The number of nitrogens with zero attached hydrogens (tertiary/aromatic N) is 1. The standard InChI is InChI=1S/C10H12F3N3OS/c1-2-15-9(17)5-18-7-3-8(10(11,12)13)16-4-6(7)14/h3-4H,2,5,14H2,1H3,(H,15,17). The first kappa shape index (κ1) is 14.6. The fourth-order valence-electron chi connectivity index (χ4n) is 1.12. The molecule has 0 aliphatic rings. The number of thioether (sulfide) groups is 1. The Morgan fingerprint density at radius 2 is 2.22 bits per heavy atom. The van der Waals surface area contributed by atoms with Crippen molar-refractivity contribution >= 4 is 23.4 Å². The monoisotopic (exact) mass is 279 g/mol. The third-order valence-electron chi connectivity index (χ3n) is 1.92. The summed E-state index contributed by atoms with van der Waals surface area (Å²) in [7, 11) is 0. The molecule has 1 amide bonds. The summed E-state index contributed by atoms with van der Waals surface area (Å²) in [5, 5.41) is 2.54. The van der Waals surface area contributed by atoms with Crippen LogP contribution in [0, 0.1) is 0 Å². The van der Waals surface area contributed by atoms with Crippen LogP contribution in [0.3, 0.4) is 0 Å². The minimum atomic E-state index is -4.52. The normalized spacial score (nSPS) is 11.3. The van der Waals surface area contributed by atoms with E-state index in [9.17, 15) is 18.0 Å². The lowest BCUT2D eigenvalue weighted by Crippen LogP contribution is -2.24. The van der Waals surface area contributed by atoms with Crippen molar-refractivity contribution in [2.24, 2.45) is 0 Å². The van der Waals surface area contributed by atoms with E-state index >= 15 is 0 Å². The fourth-order valence-corrected chi connectivity index (χ4v) is 1.92. The number of aromatic nitrogens is 1. The molecule has 0 spiro atoms. The lowest BCUT2D eigenvalue weighted by molar-refractivity contribution is -0.141. The van der Waals surface area contributed by atoms with E-state index in [1.807, 2.05) is 0 Å². The highest BCUT2D eigenvalue weighted by Crippen LogP contribution is 2.32. The molecule has 0 saturated heterocycles. The number of halogens is 3. The third kappa shape index (κ3) is 4.10. The molecule has 1 rings (SSSR count). The predicted molar refractivity (Wildman–Crippen MR) is 63.1 cm³/mol. The zero-order chi connectivity index (χ0) is 13.8. The predicted octanol–water partition coefficient (Wildman–Crippen LogP) is 1.91.